The number of carboxylic acid groups (broad SMARTS) is 1. The number of hydrogen-bond acceptors (Lipinski definition) is 4. The van der Waals surface area contributed by atoms with Crippen LogP contribution < -0.4 is 15.4 Å². The van der Waals surface area contributed by atoms with Gasteiger partial charge in [0.25, 0.3) is 0 Å². The molecule has 0 heterocycles. The molecule has 0 aliphatic carbocycles. The van der Waals surface area contributed by atoms with Crippen molar-refractivity contribution in [3.05, 3.63) is 0 Å². The first kappa shape index (κ1) is 17.6. The Morgan fingerprint density at radius 2 is 1.95 bits per heavy atom. The van der Waals surface area contributed by atoms with Gasteiger partial charge >= 0.3 is 12.0 Å². The van der Waals surface area contributed by atoms with E-state index in [0.717, 1.165) is 6.42 Å². The van der Waals surface area contributed by atoms with Crippen molar-refractivity contribution < 1.29 is 23.1 Å². The Morgan fingerprint density at radius 3 is 2.42 bits per heavy atom. The van der Waals surface area contributed by atoms with Crippen molar-refractivity contribution >= 4 is 22.0 Å². The zero-order chi connectivity index (χ0) is 14.9. The Bertz CT molecular complexity index is 396. The maximum absolute atomic E-state index is 11.5. The molecule has 0 saturated carbocycles. The molecule has 2 amide bonds. The summed E-state index contributed by atoms with van der Waals surface area (Å²) in [4.78, 5) is 22.0. The first-order valence-corrected chi connectivity index (χ1v) is 7.63. The van der Waals surface area contributed by atoms with Crippen LogP contribution in [0.4, 0.5) is 4.79 Å². The van der Waals surface area contributed by atoms with Crippen molar-refractivity contribution in [3.8, 4) is 0 Å². The fourth-order valence-electron chi connectivity index (χ4n) is 1.42. The number of aliphatic carboxylic acids is 1. The summed E-state index contributed by atoms with van der Waals surface area (Å²) >= 11 is 0. The van der Waals surface area contributed by atoms with Crippen LogP contribution in [0.1, 0.15) is 26.2 Å². The van der Waals surface area contributed by atoms with Gasteiger partial charge in [0.15, 0.2) is 0 Å². The molecule has 0 aromatic rings. The second-order valence-electron chi connectivity index (χ2n) is 4.01. The minimum atomic E-state index is -3.36. The van der Waals surface area contributed by atoms with Crippen LogP contribution in [0, 0.1) is 0 Å². The fraction of sp³-hybridized carbons (Fsp3) is 0.800. The van der Waals surface area contributed by atoms with E-state index in [4.69, 9.17) is 5.11 Å². The molecule has 0 saturated heterocycles. The Labute approximate surface area is 113 Å². The predicted octanol–water partition coefficient (Wildman–Crippen LogP) is -0.522. The lowest BCUT2D eigenvalue weighted by molar-refractivity contribution is -0.137. The quantitative estimate of drug-likeness (QED) is 0.455. The average molecular weight is 295 g/mol. The Morgan fingerprint density at radius 1 is 1.32 bits per heavy atom. The molecule has 112 valence electrons. The highest BCUT2D eigenvalue weighted by molar-refractivity contribution is 7.89. The average Bonchev–Trinajstić information content (AvgIpc) is 2.28. The molecule has 0 radical (unpaired) electrons. The maximum atomic E-state index is 11.5. The van der Waals surface area contributed by atoms with Crippen molar-refractivity contribution in [1.29, 1.82) is 0 Å². The molecule has 0 aliphatic heterocycles. The number of sulfonamides is 1. The second-order valence-corrected chi connectivity index (χ2v) is 6.05. The van der Waals surface area contributed by atoms with E-state index in [0.29, 0.717) is 6.42 Å². The molecule has 0 aromatic carbocycles. The lowest BCUT2D eigenvalue weighted by Gasteiger charge is -2.16. The maximum Gasteiger partial charge on any atom is 0.315 e. The summed E-state index contributed by atoms with van der Waals surface area (Å²) in [6.07, 6.45) is 1.14. The number of rotatable bonds is 9. The zero-order valence-corrected chi connectivity index (χ0v) is 11.9. The zero-order valence-electron chi connectivity index (χ0n) is 11.1. The Hall–Kier alpha value is -1.35. The minimum Gasteiger partial charge on any atom is -0.481 e. The third kappa shape index (κ3) is 9.25. The summed E-state index contributed by atoms with van der Waals surface area (Å²) in [6, 6.07) is -1.02. The molecule has 0 rings (SSSR count). The number of carbonyl (C=O) groups is 2. The van der Waals surface area contributed by atoms with Gasteiger partial charge in [-0.2, -0.15) is 0 Å². The lowest BCUT2D eigenvalue weighted by Crippen LogP contribution is -2.44. The predicted molar refractivity (Wildman–Crippen MR) is 70.3 cm³/mol. The number of amides is 2. The Kier molecular flexibility index (Phi) is 8.08. The SMILES string of the molecule is CCCC(CC(=O)O)NC(=O)NCCS(=O)(=O)NC. The molecule has 8 nitrogen and oxygen atoms in total. The monoisotopic (exact) mass is 295 g/mol. The minimum absolute atomic E-state index is 0.0408. The van der Waals surface area contributed by atoms with Crippen LogP contribution in [-0.4, -0.2) is 50.9 Å². The standard InChI is InChI=1S/C10H21N3O5S/c1-3-4-8(7-9(14)15)13-10(16)12-5-6-19(17,18)11-2/h8,11H,3-7H2,1-2H3,(H,14,15)(H2,12,13,16). The van der Waals surface area contributed by atoms with E-state index in [1.807, 2.05) is 6.92 Å². The van der Waals surface area contributed by atoms with E-state index in [1.165, 1.54) is 7.05 Å². The van der Waals surface area contributed by atoms with E-state index in [-0.39, 0.29) is 18.7 Å². The van der Waals surface area contributed by atoms with Gasteiger partial charge in [0.2, 0.25) is 10.0 Å². The topological polar surface area (TPSA) is 125 Å². The third-order valence-electron chi connectivity index (χ3n) is 2.36. The second kappa shape index (κ2) is 8.70. The first-order valence-electron chi connectivity index (χ1n) is 5.98. The molecule has 0 aromatic heterocycles. The number of hydrogen-bond donors (Lipinski definition) is 4. The summed E-state index contributed by atoms with van der Waals surface area (Å²) in [6.45, 7) is 1.84. The van der Waals surface area contributed by atoms with Crippen molar-refractivity contribution in [2.75, 3.05) is 19.3 Å². The van der Waals surface area contributed by atoms with Crippen molar-refractivity contribution in [1.82, 2.24) is 15.4 Å². The molecule has 0 fully saturated rings. The van der Waals surface area contributed by atoms with Gasteiger partial charge in [0.1, 0.15) is 0 Å². The van der Waals surface area contributed by atoms with E-state index < -0.39 is 28.1 Å². The summed E-state index contributed by atoms with van der Waals surface area (Å²) in [5, 5.41) is 13.6. The van der Waals surface area contributed by atoms with Gasteiger partial charge in [-0.15, -0.1) is 0 Å². The van der Waals surface area contributed by atoms with Crippen molar-refractivity contribution in [2.24, 2.45) is 0 Å². The van der Waals surface area contributed by atoms with Crippen LogP contribution in [0.3, 0.4) is 0 Å². The normalized spacial score (nSPS) is 12.7. The molecule has 19 heavy (non-hydrogen) atoms. The van der Waals surface area contributed by atoms with E-state index in [2.05, 4.69) is 15.4 Å². The molecular formula is C10H21N3O5S. The van der Waals surface area contributed by atoms with Gasteiger partial charge in [0, 0.05) is 12.6 Å². The third-order valence-corrected chi connectivity index (χ3v) is 3.72. The highest BCUT2D eigenvalue weighted by Crippen LogP contribution is 2.01. The van der Waals surface area contributed by atoms with Gasteiger partial charge < -0.3 is 15.7 Å². The molecule has 1 atom stereocenters. The molecule has 0 aliphatic rings. The molecular weight excluding hydrogens is 274 g/mol. The lowest BCUT2D eigenvalue weighted by atomic mass is 10.1. The van der Waals surface area contributed by atoms with Crippen molar-refractivity contribution in [2.45, 2.75) is 32.2 Å². The van der Waals surface area contributed by atoms with Gasteiger partial charge in [-0.25, -0.2) is 17.9 Å². The van der Waals surface area contributed by atoms with Crippen LogP contribution in [0.15, 0.2) is 0 Å². The molecule has 1 unspecified atom stereocenters. The van der Waals surface area contributed by atoms with E-state index >= 15 is 0 Å². The van der Waals surface area contributed by atoms with E-state index in [1.54, 1.807) is 0 Å². The van der Waals surface area contributed by atoms with Crippen LogP contribution in [0.25, 0.3) is 0 Å². The van der Waals surface area contributed by atoms with Crippen LogP contribution in [-0.2, 0) is 14.8 Å². The summed E-state index contributed by atoms with van der Waals surface area (Å²) in [5.74, 6) is -1.22. The van der Waals surface area contributed by atoms with Crippen molar-refractivity contribution in [3.63, 3.8) is 0 Å². The fourth-order valence-corrected chi connectivity index (χ4v) is 2.00. The Balaban J connectivity index is 4.09. The molecule has 9 heteroatoms. The highest BCUT2D eigenvalue weighted by Gasteiger charge is 2.15. The molecule has 4 N–H and O–H groups in total. The molecule has 0 bridgehead atoms. The number of nitrogens with one attached hydrogen (secondary N) is 3. The van der Waals surface area contributed by atoms with E-state index in [9.17, 15) is 18.0 Å². The number of carbonyl (C=O) groups excluding carboxylic acids is 1. The molecule has 0 spiro atoms. The summed E-state index contributed by atoms with van der Waals surface area (Å²) < 4.78 is 24.3. The largest absolute Gasteiger partial charge is 0.481 e. The van der Waals surface area contributed by atoms with Crippen LogP contribution in [0.5, 0.6) is 0 Å². The smallest absolute Gasteiger partial charge is 0.315 e. The summed E-state index contributed by atoms with van der Waals surface area (Å²) in [5.41, 5.74) is 0. The first-order chi connectivity index (χ1) is 8.80. The summed E-state index contributed by atoms with van der Waals surface area (Å²) in [7, 11) is -2.07. The van der Waals surface area contributed by atoms with Gasteiger partial charge in [-0.3, -0.25) is 4.79 Å². The van der Waals surface area contributed by atoms with Crippen LogP contribution >= 0.6 is 0 Å². The van der Waals surface area contributed by atoms with Gasteiger partial charge in [-0.1, -0.05) is 13.3 Å². The van der Waals surface area contributed by atoms with Gasteiger partial charge in [-0.05, 0) is 13.5 Å². The number of carboxylic acids is 1. The highest BCUT2D eigenvalue weighted by atomic mass is 32.2. The number of urea groups is 1. The van der Waals surface area contributed by atoms with Gasteiger partial charge in [0.05, 0.1) is 12.2 Å². The van der Waals surface area contributed by atoms with Crippen LogP contribution in [0.2, 0.25) is 0 Å².